The number of piperidine rings is 1. The van der Waals surface area contributed by atoms with Gasteiger partial charge in [0, 0.05) is 19.1 Å². The van der Waals surface area contributed by atoms with Crippen LogP contribution in [0.15, 0.2) is 18.2 Å². The van der Waals surface area contributed by atoms with Gasteiger partial charge < -0.3 is 9.80 Å². The van der Waals surface area contributed by atoms with Crippen molar-refractivity contribution in [3.05, 3.63) is 33.8 Å². The van der Waals surface area contributed by atoms with Gasteiger partial charge in [-0.3, -0.25) is 4.79 Å². The Bertz CT molecular complexity index is 587. The molecule has 1 aromatic carbocycles. The quantitative estimate of drug-likeness (QED) is 0.792. The Hall–Kier alpha value is -0.770. The molecule has 2 atom stereocenters. The Labute approximate surface area is 154 Å². The Morgan fingerprint density at radius 2 is 1.92 bits per heavy atom. The molecule has 2 unspecified atom stereocenters. The van der Waals surface area contributed by atoms with Gasteiger partial charge >= 0.3 is 0 Å². The number of benzene rings is 1. The van der Waals surface area contributed by atoms with Crippen molar-refractivity contribution >= 4 is 29.1 Å². The summed E-state index contributed by atoms with van der Waals surface area (Å²) in [5.41, 5.74) is 0.938. The number of likely N-dealkylation sites (tertiary alicyclic amines) is 2. The summed E-state index contributed by atoms with van der Waals surface area (Å²) in [5, 5.41) is 1.05. The van der Waals surface area contributed by atoms with Crippen LogP contribution in [-0.4, -0.2) is 47.9 Å². The second-order valence-corrected chi connectivity index (χ2v) is 8.13. The van der Waals surface area contributed by atoms with Gasteiger partial charge in [-0.2, -0.15) is 0 Å². The molecule has 5 heteroatoms. The van der Waals surface area contributed by atoms with Crippen LogP contribution in [0.3, 0.4) is 0 Å². The van der Waals surface area contributed by atoms with Crippen LogP contribution in [0.25, 0.3) is 0 Å². The van der Waals surface area contributed by atoms with Gasteiger partial charge in [0.15, 0.2) is 0 Å². The van der Waals surface area contributed by atoms with Crippen LogP contribution in [0, 0.1) is 5.92 Å². The Morgan fingerprint density at radius 1 is 1.17 bits per heavy atom. The maximum atomic E-state index is 12.9. The van der Waals surface area contributed by atoms with Crippen molar-refractivity contribution in [3.8, 4) is 0 Å². The molecule has 1 amide bonds. The number of rotatable bonds is 4. The van der Waals surface area contributed by atoms with E-state index in [9.17, 15) is 4.79 Å². The van der Waals surface area contributed by atoms with E-state index in [0.717, 1.165) is 25.1 Å². The van der Waals surface area contributed by atoms with Crippen molar-refractivity contribution in [2.45, 2.75) is 45.1 Å². The fraction of sp³-hybridized carbons (Fsp3) is 0.632. The van der Waals surface area contributed by atoms with Crippen LogP contribution in [-0.2, 0) is 11.2 Å². The third kappa shape index (κ3) is 4.44. The molecule has 0 N–H and O–H groups in total. The lowest BCUT2D eigenvalue weighted by Crippen LogP contribution is -2.51. The maximum absolute atomic E-state index is 12.9. The zero-order valence-electron chi connectivity index (χ0n) is 14.3. The standard InChI is InChI=1S/C19H26Cl2N2O/c1-14-4-6-16(13-22-8-2-3-9-22)23(12-14)19(24)11-15-5-7-17(20)18(21)10-15/h5,7,10,14,16H,2-4,6,8-9,11-13H2,1H3. The molecule has 1 aromatic rings. The molecule has 0 bridgehead atoms. The van der Waals surface area contributed by atoms with Crippen LogP contribution in [0.1, 0.15) is 38.2 Å². The third-order valence-corrected chi connectivity index (χ3v) is 6.01. The highest BCUT2D eigenvalue weighted by molar-refractivity contribution is 6.42. The van der Waals surface area contributed by atoms with E-state index in [0.29, 0.717) is 28.4 Å². The van der Waals surface area contributed by atoms with Gasteiger partial charge in [-0.1, -0.05) is 36.2 Å². The average molecular weight is 369 g/mol. The minimum Gasteiger partial charge on any atom is -0.338 e. The predicted octanol–water partition coefficient (Wildman–Crippen LogP) is 4.26. The zero-order valence-corrected chi connectivity index (χ0v) is 15.8. The van der Waals surface area contributed by atoms with Crippen LogP contribution < -0.4 is 0 Å². The van der Waals surface area contributed by atoms with Gasteiger partial charge in [0.25, 0.3) is 0 Å². The van der Waals surface area contributed by atoms with E-state index in [-0.39, 0.29) is 5.91 Å². The van der Waals surface area contributed by atoms with Gasteiger partial charge in [-0.25, -0.2) is 0 Å². The first-order valence-electron chi connectivity index (χ1n) is 8.98. The first-order chi connectivity index (χ1) is 11.5. The number of nitrogens with zero attached hydrogens (tertiary/aromatic N) is 2. The molecule has 132 valence electrons. The lowest BCUT2D eigenvalue weighted by atomic mass is 9.93. The summed E-state index contributed by atoms with van der Waals surface area (Å²) in [5.74, 6) is 0.793. The Kier molecular flexibility index (Phi) is 6.07. The van der Waals surface area contributed by atoms with E-state index in [4.69, 9.17) is 23.2 Å². The van der Waals surface area contributed by atoms with Gasteiger partial charge in [0.1, 0.15) is 0 Å². The van der Waals surface area contributed by atoms with E-state index in [1.807, 2.05) is 12.1 Å². The van der Waals surface area contributed by atoms with Crippen LogP contribution >= 0.6 is 23.2 Å². The van der Waals surface area contributed by atoms with E-state index in [1.165, 1.54) is 32.4 Å². The summed E-state index contributed by atoms with van der Waals surface area (Å²) < 4.78 is 0. The molecule has 0 aliphatic carbocycles. The summed E-state index contributed by atoms with van der Waals surface area (Å²) in [6.07, 6.45) is 5.32. The fourth-order valence-corrected chi connectivity index (χ4v) is 4.21. The third-order valence-electron chi connectivity index (χ3n) is 5.27. The molecule has 24 heavy (non-hydrogen) atoms. The summed E-state index contributed by atoms with van der Waals surface area (Å²) >= 11 is 12.1. The monoisotopic (exact) mass is 368 g/mol. The number of hydrogen-bond donors (Lipinski definition) is 0. The highest BCUT2D eigenvalue weighted by Crippen LogP contribution is 2.26. The largest absolute Gasteiger partial charge is 0.338 e. The van der Waals surface area contributed by atoms with Crippen molar-refractivity contribution in [3.63, 3.8) is 0 Å². The average Bonchev–Trinajstić information content (AvgIpc) is 3.05. The first-order valence-corrected chi connectivity index (χ1v) is 9.74. The summed E-state index contributed by atoms with van der Waals surface area (Å²) in [6, 6.07) is 5.83. The minimum absolute atomic E-state index is 0.212. The molecular formula is C19H26Cl2N2O. The van der Waals surface area contributed by atoms with E-state index in [2.05, 4.69) is 16.7 Å². The molecule has 0 aromatic heterocycles. The molecule has 0 radical (unpaired) electrons. The highest BCUT2D eigenvalue weighted by Gasteiger charge is 2.31. The van der Waals surface area contributed by atoms with Crippen LogP contribution in [0.5, 0.6) is 0 Å². The van der Waals surface area contributed by atoms with E-state index in [1.54, 1.807) is 6.07 Å². The fourth-order valence-electron chi connectivity index (χ4n) is 3.89. The molecule has 2 aliphatic heterocycles. The van der Waals surface area contributed by atoms with E-state index >= 15 is 0 Å². The smallest absolute Gasteiger partial charge is 0.227 e. The Balaban J connectivity index is 1.67. The SMILES string of the molecule is CC1CCC(CN2CCCC2)N(C(=O)Cc2ccc(Cl)c(Cl)c2)C1. The molecule has 0 saturated carbocycles. The minimum atomic E-state index is 0.212. The second-order valence-electron chi connectivity index (χ2n) is 7.32. The predicted molar refractivity (Wildman–Crippen MR) is 99.7 cm³/mol. The Morgan fingerprint density at radius 3 is 2.62 bits per heavy atom. The van der Waals surface area contributed by atoms with Gasteiger partial charge in [0.2, 0.25) is 5.91 Å². The van der Waals surface area contributed by atoms with Crippen molar-refractivity contribution < 1.29 is 4.79 Å². The van der Waals surface area contributed by atoms with Crippen molar-refractivity contribution in [1.82, 2.24) is 9.80 Å². The normalized spacial score (nSPS) is 25.2. The first kappa shape index (κ1) is 18.0. The van der Waals surface area contributed by atoms with Crippen molar-refractivity contribution in [2.75, 3.05) is 26.2 Å². The number of carbonyl (C=O) groups is 1. The summed E-state index contributed by atoms with van der Waals surface area (Å²) in [6.45, 7) is 6.51. The van der Waals surface area contributed by atoms with Crippen LogP contribution in [0.4, 0.5) is 0 Å². The highest BCUT2D eigenvalue weighted by atomic mass is 35.5. The second kappa shape index (κ2) is 8.07. The number of halogens is 2. The lowest BCUT2D eigenvalue weighted by Gasteiger charge is -2.40. The molecule has 3 nitrogen and oxygen atoms in total. The summed E-state index contributed by atoms with van der Waals surface area (Å²) in [4.78, 5) is 17.6. The molecule has 2 saturated heterocycles. The molecular weight excluding hydrogens is 343 g/mol. The van der Waals surface area contributed by atoms with Gasteiger partial charge in [0.05, 0.1) is 16.5 Å². The molecule has 3 rings (SSSR count). The zero-order chi connectivity index (χ0) is 17.1. The number of amides is 1. The molecule has 2 heterocycles. The maximum Gasteiger partial charge on any atom is 0.227 e. The van der Waals surface area contributed by atoms with Crippen LogP contribution in [0.2, 0.25) is 10.0 Å². The molecule has 2 aliphatic rings. The van der Waals surface area contributed by atoms with E-state index < -0.39 is 0 Å². The number of carbonyl (C=O) groups excluding carboxylic acids is 1. The van der Waals surface area contributed by atoms with Crippen molar-refractivity contribution in [1.29, 1.82) is 0 Å². The molecule has 0 spiro atoms. The lowest BCUT2D eigenvalue weighted by molar-refractivity contribution is -0.135. The number of hydrogen-bond acceptors (Lipinski definition) is 2. The summed E-state index contributed by atoms with van der Waals surface area (Å²) in [7, 11) is 0. The molecule has 2 fully saturated rings. The van der Waals surface area contributed by atoms with Gasteiger partial charge in [-0.05, 0) is 62.4 Å². The van der Waals surface area contributed by atoms with Crippen molar-refractivity contribution in [2.24, 2.45) is 5.92 Å². The van der Waals surface area contributed by atoms with Gasteiger partial charge in [-0.15, -0.1) is 0 Å². The topological polar surface area (TPSA) is 23.6 Å².